The maximum absolute atomic E-state index is 13.6. The molecule has 0 spiro atoms. The molecule has 2 fully saturated rings. The van der Waals surface area contributed by atoms with E-state index >= 15 is 0 Å². The summed E-state index contributed by atoms with van der Waals surface area (Å²) in [5.41, 5.74) is 4.20. The zero-order chi connectivity index (χ0) is 25.1. The van der Waals surface area contributed by atoms with E-state index in [0.29, 0.717) is 24.3 Å². The van der Waals surface area contributed by atoms with Crippen molar-refractivity contribution in [2.45, 2.75) is 30.8 Å². The maximum Gasteiger partial charge on any atom is 0.321 e. The highest BCUT2D eigenvalue weighted by Crippen LogP contribution is 2.42. The minimum atomic E-state index is -0.390. The fourth-order valence-corrected chi connectivity index (χ4v) is 5.56. The van der Waals surface area contributed by atoms with E-state index in [4.69, 9.17) is 0 Å². The number of nitriles is 1. The van der Waals surface area contributed by atoms with Gasteiger partial charge in [-0.15, -0.1) is 0 Å². The number of urea groups is 1. The third kappa shape index (κ3) is 4.83. The molecular formula is C29H29FN4O2. The number of aliphatic hydroxyl groups is 1. The highest BCUT2D eigenvalue weighted by molar-refractivity contribution is 5.89. The fourth-order valence-electron chi connectivity index (χ4n) is 5.56. The molecule has 36 heavy (non-hydrogen) atoms. The minimum Gasteiger partial charge on any atom is -0.395 e. The Morgan fingerprint density at radius 1 is 1.03 bits per heavy atom. The normalized spacial score (nSPS) is 21.9. The molecule has 5 rings (SSSR count). The van der Waals surface area contributed by atoms with Crippen LogP contribution in [0.1, 0.15) is 29.9 Å². The van der Waals surface area contributed by atoms with Crippen LogP contribution in [0.25, 0.3) is 11.1 Å². The molecule has 2 heterocycles. The number of fused-ring (bicyclic) bond motifs is 1. The second-order valence-electron chi connectivity index (χ2n) is 9.49. The Bertz CT molecular complexity index is 1270. The van der Waals surface area contributed by atoms with E-state index in [-0.39, 0.29) is 36.5 Å². The summed E-state index contributed by atoms with van der Waals surface area (Å²) < 4.78 is 13.6. The third-order valence-corrected chi connectivity index (χ3v) is 7.35. The van der Waals surface area contributed by atoms with Gasteiger partial charge in [0.05, 0.1) is 18.2 Å². The molecule has 0 unspecified atom stereocenters. The standard InChI is InChI=1S/C29H29FN4O2/c30-24-7-4-8-25(16-24)32-29(36)33-13-1-2-14-34-26(18-33)28(27(34)19-35)22-11-9-21(10-12-22)23-6-3-5-20(15-23)17-31/h3-12,15-16,26-28,35H,1-2,13-14,18-19H2,(H,32,36)/t26-,27+,28+/m0/s1. The van der Waals surface area contributed by atoms with Gasteiger partial charge in [0.25, 0.3) is 0 Å². The number of halogens is 1. The number of aliphatic hydroxyl groups excluding tert-OH is 1. The second-order valence-corrected chi connectivity index (χ2v) is 9.49. The van der Waals surface area contributed by atoms with Crippen molar-refractivity contribution in [3.05, 3.63) is 89.7 Å². The molecule has 2 aliphatic rings. The van der Waals surface area contributed by atoms with E-state index in [9.17, 15) is 19.6 Å². The molecule has 2 aliphatic heterocycles. The molecule has 0 radical (unpaired) electrons. The number of carbonyl (C=O) groups is 1. The van der Waals surface area contributed by atoms with Crippen LogP contribution in [0.5, 0.6) is 0 Å². The smallest absolute Gasteiger partial charge is 0.321 e. The molecule has 3 aromatic rings. The second kappa shape index (κ2) is 10.5. The number of rotatable bonds is 4. The maximum atomic E-state index is 13.6. The molecule has 2 amide bonds. The lowest BCUT2D eigenvalue weighted by atomic mass is 9.74. The summed E-state index contributed by atoms with van der Waals surface area (Å²) in [7, 11) is 0. The topological polar surface area (TPSA) is 79.6 Å². The zero-order valence-corrected chi connectivity index (χ0v) is 20.0. The predicted octanol–water partition coefficient (Wildman–Crippen LogP) is 4.82. The van der Waals surface area contributed by atoms with Gasteiger partial charge in [0.2, 0.25) is 0 Å². The van der Waals surface area contributed by atoms with Gasteiger partial charge in [-0.2, -0.15) is 5.26 Å². The molecule has 184 valence electrons. The van der Waals surface area contributed by atoms with Crippen LogP contribution in [0.4, 0.5) is 14.9 Å². The van der Waals surface area contributed by atoms with Gasteiger partial charge < -0.3 is 15.3 Å². The molecule has 0 aromatic heterocycles. The zero-order valence-electron chi connectivity index (χ0n) is 20.0. The summed E-state index contributed by atoms with van der Waals surface area (Å²) in [6, 6.07) is 23.8. The molecule has 0 aliphatic carbocycles. The van der Waals surface area contributed by atoms with Gasteiger partial charge >= 0.3 is 6.03 Å². The first-order valence-electron chi connectivity index (χ1n) is 12.4. The first-order valence-corrected chi connectivity index (χ1v) is 12.4. The van der Waals surface area contributed by atoms with Crippen molar-refractivity contribution >= 4 is 11.7 Å². The molecule has 0 bridgehead atoms. The quantitative estimate of drug-likeness (QED) is 0.557. The number of nitrogens with zero attached hydrogens (tertiary/aromatic N) is 3. The van der Waals surface area contributed by atoms with Gasteiger partial charge in [0.1, 0.15) is 5.82 Å². The van der Waals surface area contributed by atoms with E-state index < -0.39 is 0 Å². The average Bonchev–Trinajstić information content (AvgIpc) is 2.88. The highest BCUT2D eigenvalue weighted by atomic mass is 19.1. The summed E-state index contributed by atoms with van der Waals surface area (Å²) in [5, 5.41) is 22.2. The molecule has 2 N–H and O–H groups in total. The van der Waals surface area contributed by atoms with E-state index in [2.05, 4.69) is 40.6 Å². The third-order valence-electron chi connectivity index (χ3n) is 7.35. The number of anilines is 1. The van der Waals surface area contributed by atoms with Crippen LogP contribution in [0.2, 0.25) is 0 Å². The summed E-state index contributed by atoms with van der Waals surface area (Å²) >= 11 is 0. The van der Waals surface area contributed by atoms with Crippen molar-refractivity contribution < 1.29 is 14.3 Å². The highest BCUT2D eigenvalue weighted by Gasteiger charge is 2.49. The number of benzene rings is 3. The lowest BCUT2D eigenvalue weighted by molar-refractivity contribution is -0.0585. The van der Waals surface area contributed by atoms with Gasteiger partial charge in [-0.05, 0) is 66.4 Å². The van der Waals surface area contributed by atoms with Crippen LogP contribution in [0.15, 0.2) is 72.8 Å². The molecule has 6 nitrogen and oxygen atoms in total. The van der Waals surface area contributed by atoms with Crippen molar-refractivity contribution in [1.29, 1.82) is 5.26 Å². The fraction of sp³-hybridized carbons (Fsp3) is 0.310. The van der Waals surface area contributed by atoms with Crippen LogP contribution in [-0.4, -0.2) is 59.3 Å². The van der Waals surface area contributed by atoms with E-state index in [1.54, 1.807) is 18.2 Å². The summed E-state index contributed by atoms with van der Waals surface area (Å²) in [6.45, 7) is 2.12. The van der Waals surface area contributed by atoms with Crippen molar-refractivity contribution in [3.63, 3.8) is 0 Å². The molecule has 7 heteroatoms. The van der Waals surface area contributed by atoms with E-state index in [1.807, 2.05) is 23.1 Å². The van der Waals surface area contributed by atoms with Crippen LogP contribution < -0.4 is 5.32 Å². The van der Waals surface area contributed by atoms with E-state index in [0.717, 1.165) is 36.1 Å². The summed E-state index contributed by atoms with van der Waals surface area (Å²) in [4.78, 5) is 17.2. The van der Waals surface area contributed by atoms with E-state index in [1.165, 1.54) is 12.1 Å². The largest absolute Gasteiger partial charge is 0.395 e. The Morgan fingerprint density at radius 2 is 1.81 bits per heavy atom. The van der Waals surface area contributed by atoms with Crippen LogP contribution in [0.3, 0.4) is 0 Å². The van der Waals surface area contributed by atoms with Gasteiger partial charge in [-0.3, -0.25) is 4.90 Å². The Kier molecular flexibility index (Phi) is 6.99. The number of carbonyl (C=O) groups excluding carboxylic acids is 1. The number of hydrogen-bond donors (Lipinski definition) is 2. The Morgan fingerprint density at radius 3 is 2.56 bits per heavy atom. The first-order chi connectivity index (χ1) is 17.6. The van der Waals surface area contributed by atoms with Crippen molar-refractivity contribution in [3.8, 4) is 17.2 Å². The van der Waals surface area contributed by atoms with Crippen LogP contribution in [-0.2, 0) is 0 Å². The lowest BCUT2D eigenvalue weighted by Gasteiger charge is -2.57. The van der Waals surface area contributed by atoms with Gasteiger partial charge in [-0.1, -0.05) is 42.5 Å². The first kappa shape index (κ1) is 24.0. The Balaban J connectivity index is 1.35. The Hall–Kier alpha value is -3.73. The molecular weight excluding hydrogens is 455 g/mol. The SMILES string of the molecule is N#Cc1cccc(-c2ccc([C@H]3[C@@H](CO)N4CCCCN(C(=O)Nc5cccc(F)c5)C[C@@H]34)cc2)c1. The van der Waals surface area contributed by atoms with Crippen molar-refractivity contribution in [2.24, 2.45) is 0 Å². The molecule has 2 saturated heterocycles. The van der Waals surface area contributed by atoms with Crippen molar-refractivity contribution in [2.75, 3.05) is 31.6 Å². The predicted molar refractivity (Wildman–Crippen MR) is 137 cm³/mol. The number of hydrogen-bond acceptors (Lipinski definition) is 4. The minimum absolute atomic E-state index is 0.00833. The number of amides is 2. The van der Waals surface area contributed by atoms with Crippen LogP contribution in [0, 0.1) is 17.1 Å². The molecule has 3 atom stereocenters. The summed E-state index contributed by atoms with van der Waals surface area (Å²) in [6.07, 6.45) is 1.82. The van der Waals surface area contributed by atoms with Gasteiger partial charge in [-0.25, -0.2) is 9.18 Å². The average molecular weight is 485 g/mol. The summed E-state index contributed by atoms with van der Waals surface area (Å²) in [5.74, 6) is -0.295. The Labute approximate surface area is 210 Å². The van der Waals surface area contributed by atoms with Crippen molar-refractivity contribution in [1.82, 2.24) is 9.80 Å². The van der Waals surface area contributed by atoms with Crippen LogP contribution >= 0.6 is 0 Å². The number of nitrogens with one attached hydrogen (secondary N) is 1. The van der Waals surface area contributed by atoms with Gasteiger partial charge in [0, 0.05) is 36.8 Å². The molecule has 3 aromatic carbocycles. The lowest BCUT2D eigenvalue weighted by Crippen LogP contribution is -2.68. The molecule has 0 saturated carbocycles. The monoisotopic (exact) mass is 484 g/mol. The van der Waals surface area contributed by atoms with Gasteiger partial charge in [0.15, 0.2) is 0 Å².